The van der Waals surface area contributed by atoms with E-state index in [0.29, 0.717) is 0 Å². The van der Waals surface area contributed by atoms with Crippen LogP contribution in [0.5, 0.6) is 0 Å². The molecule has 0 atom stereocenters. The molecule has 1 radical (unpaired) electrons. The topological polar surface area (TPSA) is 114 Å². The molecule has 0 aromatic carbocycles. The molecule has 9 heavy (non-hydrogen) atoms. The smallest absolute Gasteiger partial charge is 0.736 e. The van der Waals surface area contributed by atoms with Gasteiger partial charge >= 0.3 is 17.1 Å². The van der Waals surface area contributed by atoms with Crippen LogP contribution in [0.2, 0.25) is 0 Å². The molecule has 0 aliphatic rings. The van der Waals surface area contributed by atoms with Crippen molar-refractivity contribution < 1.29 is 43.0 Å². The summed E-state index contributed by atoms with van der Waals surface area (Å²) >= 11 is 0. The fourth-order valence-corrected chi connectivity index (χ4v) is 0. The summed E-state index contributed by atoms with van der Waals surface area (Å²) in [6.45, 7) is 0. The van der Waals surface area contributed by atoms with Crippen LogP contribution in [0.3, 0.4) is 0 Å². The van der Waals surface area contributed by atoms with Crippen molar-refractivity contribution in [3.05, 3.63) is 0 Å². The molecule has 0 unspecified atom stereocenters. The molecule has 0 aromatic rings. The zero-order valence-corrected chi connectivity index (χ0v) is 6.46. The summed E-state index contributed by atoms with van der Waals surface area (Å²) in [4.78, 5) is 0. The summed E-state index contributed by atoms with van der Waals surface area (Å²) < 4.78 is 55.2. The van der Waals surface area contributed by atoms with Crippen LogP contribution in [0.25, 0.3) is 0 Å². The Morgan fingerprint density at radius 3 is 0.889 bits per heavy atom. The van der Waals surface area contributed by atoms with Crippen LogP contribution in [0.1, 0.15) is 0 Å². The molecule has 55 valence electrons. The van der Waals surface area contributed by atoms with Gasteiger partial charge < -0.3 is 9.11 Å². The quantitative estimate of drug-likeness (QED) is 0.283. The molecule has 0 spiro atoms. The van der Waals surface area contributed by atoms with Gasteiger partial charge in [0.25, 0.3) is 0 Å². The van der Waals surface area contributed by atoms with Crippen LogP contribution in [0, 0.1) is 0 Å². The number of hydrogen-bond acceptors (Lipinski definition) is 6. The molecular formula is MnO6S2. The molecule has 0 saturated heterocycles. The molecule has 0 amide bonds. The maximum atomic E-state index is 9.20. The van der Waals surface area contributed by atoms with Gasteiger partial charge in [0.1, 0.15) is 0 Å². The molecule has 0 heterocycles. The minimum atomic E-state index is -5.67. The van der Waals surface area contributed by atoms with Gasteiger partial charge in [-0.25, -0.2) is 16.8 Å². The van der Waals surface area contributed by atoms with Gasteiger partial charge in [-0.2, -0.15) is 0 Å². The van der Waals surface area contributed by atoms with Crippen LogP contribution in [-0.4, -0.2) is 25.9 Å². The molecule has 0 rings (SSSR count). The van der Waals surface area contributed by atoms with E-state index >= 15 is 0 Å². The van der Waals surface area contributed by atoms with Gasteiger partial charge in [0.15, 0.2) is 18.3 Å². The predicted octanol–water partition coefficient (Wildman–Crippen LogP) is -2.01. The predicted molar refractivity (Wildman–Crippen MR) is 19.4 cm³/mol. The van der Waals surface area contributed by atoms with Crippen LogP contribution in [-0.2, 0) is 35.4 Å². The molecular weight excluding hydrogens is 215 g/mol. The summed E-state index contributed by atoms with van der Waals surface area (Å²) in [7, 11) is -11.3. The first kappa shape index (κ1) is 12.1. The SMILES string of the molecule is O=S(=O)([O-])S(=O)(=O)[O-].[Mn+2]. The fourth-order valence-electron chi connectivity index (χ4n) is 0. The van der Waals surface area contributed by atoms with Gasteiger partial charge in [-0.05, 0) is 0 Å². The third-order valence-electron chi connectivity index (χ3n) is 0.250. The molecule has 0 aliphatic heterocycles. The monoisotopic (exact) mass is 215 g/mol. The second-order valence-electron chi connectivity index (χ2n) is 0.816. The summed E-state index contributed by atoms with van der Waals surface area (Å²) in [5, 5.41) is 0. The summed E-state index contributed by atoms with van der Waals surface area (Å²) in [6, 6.07) is 0. The van der Waals surface area contributed by atoms with E-state index < -0.39 is 18.3 Å². The minimum absolute atomic E-state index is 0. The minimum Gasteiger partial charge on any atom is -0.736 e. The maximum Gasteiger partial charge on any atom is 2.00 e. The van der Waals surface area contributed by atoms with Crippen molar-refractivity contribution >= 4 is 18.3 Å². The molecule has 6 nitrogen and oxygen atoms in total. The summed E-state index contributed by atoms with van der Waals surface area (Å²) in [5.74, 6) is 0. The second kappa shape index (κ2) is 2.95. The van der Waals surface area contributed by atoms with Gasteiger partial charge in [-0.3, -0.25) is 0 Å². The van der Waals surface area contributed by atoms with Crippen molar-refractivity contribution in [2.24, 2.45) is 0 Å². The molecule has 0 aliphatic carbocycles. The Bertz CT molecular complexity index is 223. The Morgan fingerprint density at radius 1 is 0.778 bits per heavy atom. The third-order valence-corrected chi connectivity index (χ3v) is 2.25. The van der Waals surface area contributed by atoms with E-state index in [1.807, 2.05) is 0 Å². The van der Waals surface area contributed by atoms with Gasteiger partial charge in [-0.1, -0.05) is 0 Å². The van der Waals surface area contributed by atoms with E-state index in [9.17, 15) is 25.9 Å². The van der Waals surface area contributed by atoms with Crippen molar-refractivity contribution in [2.45, 2.75) is 0 Å². The van der Waals surface area contributed by atoms with Crippen LogP contribution in [0.4, 0.5) is 0 Å². The third kappa shape index (κ3) is 3.84. The first-order valence-electron chi connectivity index (χ1n) is 1.17. The van der Waals surface area contributed by atoms with Gasteiger partial charge in [0.2, 0.25) is 0 Å². The molecule has 0 saturated carbocycles. The van der Waals surface area contributed by atoms with Gasteiger partial charge in [0.05, 0.1) is 0 Å². The average molecular weight is 215 g/mol. The van der Waals surface area contributed by atoms with E-state index in [1.165, 1.54) is 0 Å². The largest absolute Gasteiger partial charge is 2.00 e. The first-order chi connectivity index (χ1) is 3.25. The molecule has 0 fully saturated rings. The van der Waals surface area contributed by atoms with E-state index in [0.717, 1.165) is 0 Å². The molecule has 0 aromatic heterocycles. The van der Waals surface area contributed by atoms with Crippen molar-refractivity contribution in [1.29, 1.82) is 0 Å². The zero-order chi connectivity index (χ0) is 7.00. The van der Waals surface area contributed by atoms with Crippen molar-refractivity contribution in [1.82, 2.24) is 0 Å². The van der Waals surface area contributed by atoms with Crippen molar-refractivity contribution in [3.63, 3.8) is 0 Å². The molecule has 9 heteroatoms. The van der Waals surface area contributed by atoms with E-state index in [-0.39, 0.29) is 17.1 Å². The normalized spacial score (nSPS) is 12.2. The maximum absolute atomic E-state index is 9.20. The van der Waals surface area contributed by atoms with Crippen LogP contribution < -0.4 is 0 Å². The van der Waals surface area contributed by atoms with E-state index in [4.69, 9.17) is 0 Å². The Kier molecular flexibility index (Phi) is 3.95. The number of rotatable bonds is 1. The average Bonchev–Trinajstić information content (AvgIpc) is 1.25. The van der Waals surface area contributed by atoms with Gasteiger partial charge in [-0.15, -0.1) is 0 Å². The zero-order valence-electron chi connectivity index (χ0n) is 3.64. The second-order valence-corrected chi connectivity index (χ2v) is 4.90. The van der Waals surface area contributed by atoms with Crippen LogP contribution >= 0.6 is 0 Å². The molecule has 0 bridgehead atoms. The summed E-state index contributed by atoms with van der Waals surface area (Å²) in [5.41, 5.74) is 0. The Balaban J connectivity index is 0. The Hall–Kier alpha value is 0.339. The standard InChI is InChI=1S/Mn.H2O6S2/c;1-7(2,3)8(4,5)6/h;(H,1,2,3)(H,4,5,6)/q+2;/p-2. The van der Waals surface area contributed by atoms with E-state index in [1.54, 1.807) is 0 Å². The van der Waals surface area contributed by atoms with Crippen LogP contribution in [0.15, 0.2) is 0 Å². The van der Waals surface area contributed by atoms with Crippen molar-refractivity contribution in [2.75, 3.05) is 0 Å². The number of hydrogen-bond donors (Lipinski definition) is 0. The summed E-state index contributed by atoms with van der Waals surface area (Å²) in [6.07, 6.45) is 0. The molecule has 0 N–H and O–H groups in total. The van der Waals surface area contributed by atoms with Gasteiger partial charge in [0, 0.05) is 0 Å². The van der Waals surface area contributed by atoms with E-state index in [2.05, 4.69) is 0 Å². The van der Waals surface area contributed by atoms with Crippen molar-refractivity contribution in [3.8, 4) is 0 Å². The fraction of sp³-hybridized carbons (Fsp3) is 0. The Morgan fingerprint density at radius 2 is 0.889 bits per heavy atom. The first-order valence-corrected chi connectivity index (χ1v) is 4.50. The Labute approximate surface area is 61.6 Å².